The molecule has 4 nitrogen and oxygen atoms in total. The van der Waals surface area contributed by atoms with Crippen LogP contribution in [0.15, 0.2) is 48.6 Å². The summed E-state index contributed by atoms with van der Waals surface area (Å²) in [4.78, 5) is 22.4. The molecule has 4 heteroatoms. The van der Waals surface area contributed by atoms with Gasteiger partial charge in [-0.1, -0.05) is 48.6 Å². The van der Waals surface area contributed by atoms with Crippen LogP contribution >= 0.6 is 0 Å². The Balaban J connectivity index is 2.48. The molecule has 2 N–H and O–H groups in total. The van der Waals surface area contributed by atoms with Crippen LogP contribution in [-0.4, -0.2) is 22.2 Å². The van der Waals surface area contributed by atoms with Crippen molar-refractivity contribution in [2.75, 3.05) is 0 Å². The summed E-state index contributed by atoms with van der Waals surface area (Å²) in [5.41, 5.74) is 0.776. The van der Waals surface area contributed by atoms with Gasteiger partial charge in [-0.25, -0.2) is 0 Å². The summed E-state index contributed by atoms with van der Waals surface area (Å²) < 4.78 is 0. The Morgan fingerprint density at radius 3 is 2.20 bits per heavy atom. The molecule has 0 heterocycles. The molecule has 1 aliphatic rings. The quantitative estimate of drug-likeness (QED) is 0.864. The Bertz CT molecular complexity index is 553. The summed E-state index contributed by atoms with van der Waals surface area (Å²) in [6.45, 7) is 0. The SMILES string of the molecule is O=C(O)CC1(CC(=O)O)CC=CC=C1c1ccccc1. The lowest BCUT2D eigenvalue weighted by Gasteiger charge is -2.35. The molecule has 0 saturated heterocycles. The highest BCUT2D eigenvalue weighted by molar-refractivity contribution is 5.83. The van der Waals surface area contributed by atoms with Gasteiger partial charge in [0, 0.05) is 5.41 Å². The van der Waals surface area contributed by atoms with E-state index in [0.29, 0.717) is 6.42 Å². The summed E-state index contributed by atoms with van der Waals surface area (Å²) in [5, 5.41) is 18.3. The van der Waals surface area contributed by atoms with Crippen LogP contribution in [0.3, 0.4) is 0 Å². The van der Waals surface area contributed by atoms with Crippen LogP contribution in [0, 0.1) is 5.41 Å². The Morgan fingerprint density at radius 1 is 1.05 bits per heavy atom. The zero-order valence-electron chi connectivity index (χ0n) is 11.0. The van der Waals surface area contributed by atoms with Crippen molar-refractivity contribution < 1.29 is 19.8 Å². The van der Waals surface area contributed by atoms with Crippen molar-refractivity contribution in [2.45, 2.75) is 19.3 Å². The topological polar surface area (TPSA) is 74.6 Å². The molecule has 1 aromatic carbocycles. The summed E-state index contributed by atoms with van der Waals surface area (Å²) in [6.07, 6.45) is 5.55. The minimum absolute atomic E-state index is 0.190. The van der Waals surface area contributed by atoms with Gasteiger partial charge in [0.2, 0.25) is 0 Å². The Labute approximate surface area is 117 Å². The number of carboxylic acid groups (broad SMARTS) is 2. The van der Waals surface area contributed by atoms with Crippen molar-refractivity contribution >= 4 is 17.5 Å². The average Bonchev–Trinajstić information content (AvgIpc) is 2.38. The van der Waals surface area contributed by atoms with Crippen molar-refractivity contribution in [1.82, 2.24) is 0 Å². The molecule has 0 spiro atoms. The second-order valence-electron chi connectivity index (χ2n) is 5.00. The molecule has 0 fully saturated rings. The zero-order valence-corrected chi connectivity index (χ0v) is 11.0. The minimum Gasteiger partial charge on any atom is -0.481 e. The van der Waals surface area contributed by atoms with E-state index in [9.17, 15) is 9.59 Å². The highest BCUT2D eigenvalue weighted by atomic mass is 16.4. The normalized spacial score (nSPS) is 16.5. The highest BCUT2D eigenvalue weighted by Gasteiger charge is 2.39. The van der Waals surface area contributed by atoms with E-state index in [4.69, 9.17) is 10.2 Å². The molecular weight excluding hydrogens is 256 g/mol. The molecule has 0 aliphatic heterocycles. The molecule has 0 unspecified atom stereocenters. The monoisotopic (exact) mass is 272 g/mol. The van der Waals surface area contributed by atoms with E-state index in [-0.39, 0.29) is 12.8 Å². The standard InChI is InChI=1S/C16H16O4/c17-14(18)10-16(11-15(19)20)9-5-4-8-13(16)12-6-2-1-3-7-12/h1-8H,9-11H2,(H,17,18)(H,19,20). The molecule has 104 valence electrons. The van der Waals surface area contributed by atoms with E-state index < -0.39 is 17.4 Å². The molecule has 0 bridgehead atoms. The maximum Gasteiger partial charge on any atom is 0.304 e. The predicted molar refractivity (Wildman–Crippen MR) is 75.1 cm³/mol. The van der Waals surface area contributed by atoms with E-state index in [2.05, 4.69) is 0 Å². The summed E-state index contributed by atoms with van der Waals surface area (Å²) >= 11 is 0. The molecular formula is C16H16O4. The van der Waals surface area contributed by atoms with Gasteiger partial charge in [0.25, 0.3) is 0 Å². The first-order valence-corrected chi connectivity index (χ1v) is 6.40. The number of benzene rings is 1. The van der Waals surface area contributed by atoms with Crippen molar-refractivity contribution in [2.24, 2.45) is 5.41 Å². The number of hydrogen-bond acceptors (Lipinski definition) is 2. The zero-order chi connectivity index (χ0) is 14.6. The summed E-state index contributed by atoms with van der Waals surface area (Å²) in [6, 6.07) is 9.35. The maximum atomic E-state index is 11.2. The van der Waals surface area contributed by atoms with Gasteiger partial charge in [0.05, 0.1) is 12.8 Å². The van der Waals surface area contributed by atoms with Gasteiger partial charge >= 0.3 is 11.9 Å². The first kappa shape index (κ1) is 14.1. The predicted octanol–water partition coefficient (Wildman–Crippen LogP) is 2.97. The second kappa shape index (κ2) is 5.74. The van der Waals surface area contributed by atoms with Gasteiger partial charge in [-0.15, -0.1) is 0 Å². The lowest BCUT2D eigenvalue weighted by molar-refractivity contribution is -0.142. The lowest BCUT2D eigenvalue weighted by atomic mass is 9.68. The van der Waals surface area contributed by atoms with E-state index in [0.717, 1.165) is 11.1 Å². The second-order valence-corrected chi connectivity index (χ2v) is 5.00. The number of carbonyl (C=O) groups is 2. The molecule has 1 aromatic rings. The van der Waals surface area contributed by atoms with E-state index in [1.54, 1.807) is 0 Å². The van der Waals surface area contributed by atoms with Crippen LogP contribution in [0.25, 0.3) is 5.57 Å². The molecule has 1 aliphatic carbocycles. The fourth-order valence-corrected chi connectivity index (χ4v) is 2.74. The van der Waals surface area contributed by atoms with Gasteiger partial charge in [-0.3, -0.25) is 9.59 Å². The van der Waals surface area contributed by atoms with E-state index >= 15 is 0 Å². The van der Waals surface area contributed by atoms with Crippen molar-refractivity contribution in [1.29, 1.82) is 0 Å². The third kappa shape index (κ3) is 2.96. The molecule has 20 heavy (non-hydrogen) atoms. The smallest absolute Gasteiger partial charge is 0.304 e. The van der Waals surface area contributed by atoms with Crippen LogP contribution in [0.2, 0.25) is 0 Å². The summed E-state index contributed by atoms with van der Waals surface area (Å²) in [7, 11) is 0. The van der Waals surface area contributed by atoms with Gasteiger partial charge in [0.1, 0.15) is 0 Å². The fraction of sp³-hybridized carbons (Fsp3) is 0.250. The van der Waals surface area contributed by atoms with Crippen LogP contribution in [-0.2, 0) is 9.59 Å². The van der Waals surface area contributed by atoms with E-state index in [1.807, 2.05) is 48.6 Å². The largest absolute Gasteiger partial charge is 0.481 e. The van der Waals surface area contributed by atoms with Crippen LogP contribution in [0.5, 0.6) is 0 Å². The molecule has 0 aromatic heterocycles. The van der Waals surface area contributed by atoms with Gasteiger partial charge in [-0.05, 0) is 17.6 Å². The Morgan fingerprint density at radius 2 is 1.65 bits per heavy atom. The number of carboxylic acids is 2. The Hall–Kier alpha value is -2.36. The molecule has 2 rings (SSSR count). The third-order valence-corrected chi connectivity index (χ3v) is 3.54. The van der Waals surface area contributed by atoms with Crippen molar-refractivity contribution in [3.05, 3.63) is 54.1 Å². The first-order valence-electron chi connectivity index (χ1n) is 6.40. The third-order valence-electron chi connectivity index (χ3n) is 3.54. The molecule has 0 atom stereocenters. The van der Waals surface area contributed by atoms with Gasteiger partial charge in [-0.2, -0.15) is 0 Å². The van der Waals surface area contributed by atoms with Crippen LogP contribution < -0.4 is 0 Å². The van der Waals surface area contributed by atoms with Crippen LogP contribution in [0.4, 0.5) is 0 Å². The maximum absolute atomic E-state index is 11.2. The number of rotatable bonds is 5. The fourth-order valence-electron chi connectivity index (χ4n) is 2.74. The first-order chi connectivity index (χ1) is 9.53. The molecule has 0 radical (unpaired) electrons. The van der Waals surface area contributed by atoms with Crippen LogP contribution in [0.1, 0.15) is 24.8 Å². The van der Waals surface area contributed by atoms with Gasteiger partial charge < -0.3 is 10.2 Å². The summed E-state index contributed by atoms with van der Waals surface area (Å²) in [5.74, 6) is -1.97. The highest BCUT2D eigenvalue weighted by Crippen LogP contribution is 2.46. The van der Waals surface area contributed by atoms with Crippen molar-refractivity contribution in [3.8, 4) is 0 Å². The number of aliphatic carboxylic acids is 2. The van der Waals surface area contributed by atoms with Gasteiger partial charge in [0.15, 0.2) is 0 Å². The molecule has 0 amide bonds. The number of hydrogen-bond donors (Lipinski definition) is 2. The lowest BCUT2D eigenvalue weighted by Crippen LogP contribution is -2.30. The average molecular weight is 272 g/mol. The Kier molecular flexibility index (Phi) is 4.03. The van der Waals surface area contributed by atoms with E-state index in [1.165, 1.54) is 0 Å². The number of allylic oxidation sites excluding steroid dienone is 4. The molecule has 0 saturated carbocycles. The minimum atomic E-state index is -0.983. The van der Waals surface area contributed by atoms with Crippen molar-refractivity contribution in [3.63, 3.8) is 0 Å².